The van der Waals surface area contributed by atoms with Crippen LogP contribution in [0, 0.1) is 11.3 Å². The van der Waals surface area contributed by atoms with Crippen molar-refractivity contribution in [3.05, 3.63) is 75.8 Å². The van der Waals surface area contributed by atoms with Crippen molar-refractivity contribution in [1.29, 1.82) is 0 Å². The molecule has 0 saturated carbocycles. The number of carbonyl (C=O) groups excluding carboxylic acids is 8. The van der Waals surface area contributed by atoms with Crippen LogP contribution in [0.5, 0.6) is 0 Å². The average molecular weight is 825 g/mol. The van der Waals surface area contributed by atoms with E-state index in [1.54, 1.807) is 51.1 Å². The highest BCUT2D eigenvalue weighted by Crippen LogP contribution is 2.52. The minimum absolute atomic E-state index is 0.0328. The zero-order valence-corrected chi connectivity index (χ0v) is 35.2. The van der Waals surface area contributed by atoms with E-state index in [1.165, 1.54) is 26.0 Å². The van der Waals surface area contributed by atoms with E-state index in [0.29, 0.717) is 16.7 Å². The first-order valence-electron chi connectivity index (χ1n) is 18.8. The van der Waals surface area contributed by atoms with Crippen LogP contribution in [-0.2, 0) is 76.3 Å². The summed E-state index contributed by atoms with van der Waals surface area (Å²) in [5.41, 5.74) is 0.107. The molecule has 0 aliphatic heterocycles. The van der Waals surface area contributed by atoms with Gasteiger partial charge in [-0.05, 0) is 54.5 Å². The number of esters is 8. The second kappa shape index (κ2) is 20.6. The van der Waals surface area contributed by atoms with Crippen LogP contribution >= 0.6 is 0 Å². The summed E-state index contributed by atoms with van der Waals surface area (Å²) in [7, 11) is 0. The number of carbonyl (C=O) groups is 8. The van der Waals surface area contributed by atoms with Gasteiger partial charge in [0.15, 0.2) is 11.9 Å². The molecule has 2 aliphatic rings. The van der Waals surface area contributed by atoms with Gasteiger partial charge in [0.05, 0.1) is 0 Å². The van der Waals surface area contributed by atoms with Gasteiger partial charge in [0, 0.05) is 72.0 Å². The molecule has 320 valence electrons. The Hall–Kier alpha value is -6.06. The maximum Gasteiger partial charge on any atom is 0.375 e. The van der Waals surface area contributed by atoms with E-state index >= 15 is 0 Å². The third-order valence-corrected chi connectivity index (χ3v) is 9.69. The van der Waals surface area contributed by atoms with Crippen LogP contribution in [0.15, 0.2) is 70.2 Å². The summed E-state index contributed by atoms with van der Waals surface area (Å²) in [5, 5.41) is 0. The molecule has 0 radical (unpaired) electrons. The Balaban J connectivity index is 2.57. The SMILES string of the molecule is CC(=O)OC/C1=C\[C@H](OC(C)=O)[C@@H]2C[C@H](OC(C)=O)C(C)=C([C@@H](OC(C)=O)/C(OC(C)=O)=C(/C)[C@H](OC(C)=O)C[C@@H]1OC(=O)/C(=C/c1ccccc1)OC(C)=O)C2(C)C. The highest BCUT2D eigenvalue weighted by Gasteiger charge is 2.52. The van der Waals surface area contributed by atoms with E-state index in [0.717, 1.165) is 41.5 Å². The number of rotatable bonds is 11. The van der Waals surface area contributed by atoms with Crippen LogP contribution in [-0.4, -0.2) is 84.9 Å². The smallest absolute Gasteiger partial charge is 0.375 e. The summed E-state index contributed by atoms with van der Waals surface area (Å²) in [6, 6.07) is 8.40. The Bertz CT molecular complexity index is 1950. The van der Waals surface area contributed by atoms with Gasteiger partial charge in [-0.25, -0.2) is 4.79 Å². The minimum Gasteiger partial charge on any atom is -0.461 e. The fraction of sp³-hybridized carbons (Fsp3) is 0.488. The molecule has 0 amide bonds. The number of benzene rings is 1. The lowest BCUT2D eigenvalue weighted by Crippen LogP contribution is -2.49. The molecule has 16 nitrogen and oxygen atoms in total. The molecule has 0 saturated heterocycles. The van der Waals surface area contributed by atoms with Gasteiger partial charge in [-0.3, -0.25) is 33.6 Å². The van der Waals surface area contributed by atoms with Crippen molar-refractivity contribution in [2.75, 3.05) is 6.61 Å². The summed E-state index contributed by atoms with van der Waals surface area (Å²) in [6.07, 6.45) is -4.49. The molecule has 16 heteroatoms. The van der Waals surface area contributed by atoms with E-state index in [4.69, 9.17) is 37.9 Å². The highest BCUT2D eigenvalue weighted by atomic mass is 16.6. The van der Waals surface area contributed by atoms with Crippen molar-refractivity contribution >= 4 is 53.8 Å². The standard InChI is InChI=1S/C43H52O16/c1-22-34(53-25(4)45)19-33-37(55-27(6)47)18-32(21-52-24(3)44)36(59-42(51)38(56-28(7)48)17-31-15-13-12-14-16-31)20-35(54-26(5)46)23(2)40(57-29(8)49)41(58-30(9)50)39(22)43(33,10)11/h12-18,33-37,41H,19-21H2,1-11H3/b32-18+,38-17-,40-23+/t33-,34-,35+,36-,37-,41+/m0/s1. The molecule has 59 heavy (non-hydrogen) atoms. The second-order valence-corrected chi connectivity index (χ2v) is 14.7. The van der Waals surface area contributed by atoms with Crippen LogP contribution in [0.3, 0.4) is 0 Å². The molecular formula is C43H52O16. The monoisotopic (exact) mass is 824 g/mol. The maximum atomic E-state index is 14.1. The van der Waals surface area contributed by atoms with E-state index in [2.05, 4.69) is 0 Å². The molecule has 2 aliphatic carbocycles. The molecule has 0 unspecified atom stereocenters. The van der Waals surface area contributed by atoms with Crippen molar-refractivity contribution in [3.8, 4) is 0 Å². The molecule has 0 heterocycles. The Morgan fingerprint density at radius 1 is 0.644 bits per heavy atom. The molecule has 3 rings (SSSR count). The van der Waals surface area contributed by atoms with Crippen LogP contribution in [0.1, 0.15) is 94.6 Å². The summed E-state index contributed by atoms with van der Waals surface area (Å²) < 4.78 is 46.2. The van der Waals surface area contributed by atoms with Crippen LogP contribution in [0.4, 0.5) is 0 Å². The maximum absolute atomic E-state index is 14.1. The van der Waals surface area contributed by atoms with E-state index < -0.39 is 108 Å². The van der Waals surface area contributed by atoms with Gasteiger partial charge < -0.3 is 37.9 Å². The number of hydrogen-bond donors (Lipinski definition) is 0. The predicted octanol–water partition coefficient (Wildman–Crippen LogP) is 5.32. The Kier molecular flexibility index (Phi) is 16.5. The molecule has 6 atom stereocenters. The zero-order chi connectivity index (χ0) is 44.4. The van der Waals surface area contributed by atoms with E-state index in [1.807, 2.05) is 0 Å². The van der Waals surface area contributed by atoms with Crippen molar-refractivity contribution in [2.24, 2.45) is 11.3 Å². The first kappa shape index (κ1) is 47.3. The first-order valence-corrected chi connectivity index (χ1v) is 18.8. The molecule has 1 aromatic carbocycles. The zero-order valence-electron chi connectivity index (χ0n) is 35.2. The highest BCUT2D eigenvalue weighted by molar-refractivity contribution is 5.94. The van der Waals surface area contributed by atoms with Crippen molar-refractivity contribution in [3.63, 3.8) is 0 Å². The van der Waals surface area contributed by atoms with Crippen LogP contribution < -0.4 is 0 Å². The summed E-state index contributed by atoms with van der Waals surface area (Å²) in [6.45, 7) is 14.0. The third kappa shape index (κ3) is 13.2. The molecule has 0 N–H and O–H groups in total. The first-order chi connectivity index (χ1) is 27.5. The van der Waals surface area contributed by atoms with Gasteiger partial charge in [-0.1, -0.05) is 44.2 Å². The Labute approximate surface area is 342 Å². The predicted molar refractivity (Wildman–Crippen MR) is 207 cm³/mol. The number of fused-ring (bicyclic) bond motifs is 2. The van der Waals surface area contributed by atoms with Crippen molar-refractivity contribution < 1.29 is 76.3 Å². The second-order valence-electron chi connectivity index (χ2n) is 14.7. The van der Waals surface area contributed by atoms with E-state index in [9.17, 15) is 38.4 Å². The minimum atomic E-state index is -1.54. The molecule has 2 bridgehead atoms. The molecule has 1 aromatic rings. The van der Waals surface area contributed by atoms with Gasteiger partial charge in [-0.15, -0.1) is 0 Å². The lowest BCUT2D eigenvalue weighted by molar-refractivity contribution is -0.157. The van der Waals surface area contributed by atoms with Crippen LogP contribution in [0.25, 0.3) is 6.08 Å². The molecule has 0 fully saturated rings. The normalized spacial score (nSPS) is 25.3. The lowest BCUT2D eigenvalue weighted by atomic mass is 9.60. The molecule has 0 aromatic heterocycles. The van der Waals surface area contributed by atoms with Crippen molar-refractivity contribution in [2.45, 2.75) is 120 Å². The van der Waals surface area contributed by atoms with Gasteiger partial charge in [-0.2, -0.15) is 0 Å². The summed E-state index contributed by atoms with van der Waals surface area (Å²) in [5.74, 6) is -8.29. The number of ether oxygens (including phenoxy) is 8. The summed E-state index contributed by atoms with van der Waals surface area (Å²) in [4.78, 5) is 103. The van der Waals surface area contributed by atoms with Gasteiger partial charge in [0.1, 0.15) is 31.0 Å². The third-order valence-electron chi connectivity index (χ3n) is 9.69. The van der Waals surface area contributed by atoms with Crippen LogP contribution in [0.2, 0.25) is 0 Å². The molecule has 0 spiro atoms. The topological polar surface area (TPSA) is 210 Å². The largest absolute Gasteiger partial charge is 0.461 e. The molecular weight excluding hydrogens is 772 g/mol. The van der Waals surface area contributed by atoms with Gasteiger partial charge >= 0.3 is 47.8 Å². The van der Waals surface area contributed by atoms with Gasteiger partial charge in [0.2, 0.25) is 5.76 Å². The average Bonchev–Trinajstić information content (AvgIpc) is 3.10. The number of hydrogen-bond acceptors (Lipinski definition) is 16. The Morgan fingerprint density at radius 3 is 1.71 bits per heavy atom. The quantitative estimate of drug-likeness (QED) is 0.0908. The van der Waals surface area contributed by atoms with Crippen molar-refractivity contribution in [1.82, 2.24) is 0 Å². The summed E-state index contributed by atoms with van der Waals surface area (Å²) >= 11 is 0. The fourth-order valence-electron chi connectivity index (χ4n) is 7.30. The van der Waals surface area contributed by atoms with E-state index in [-0.39, 0.29) is 23.3 Å². The Morgan fingerprint density at radius 2 is 1.20 bits per heavy atom. The fourth-order valence-corrected chi connectivity index (χ4v) is 7.30. The lowest BCUT2D eigenvalue weighted by Gasteiger charge is -2.48. The van der Waals surface area contributed by atoms with Gasteiger partial charge in [0.25, 0.3) is 0 Å².